The highest BCUT2D eigenvalue weighted by Gasteiger charge is 2.31. The molecule has 0 bridgehead atoms. The first kappa shape index (κ1) is 12.8. The molecule has 0 spiro atoms. The second-order valence-corrected chi connectivity index (χ2v) is 5.18. The number of hydrogen-bond donors (Lipinski definition) is 0. The Morgan fingerprint density at radius 1 is 1.50 bits per heavy atom. The number of nitriles is 1. The van der Waals surface area contributed by atoms with Crippen LogP contribution in [0.1, 0.15) is 25.8 Å². The maximum Gasteiger partial charge on any atom is 0.128 e. The maximum atomic E-state index is 14.1. The fourth-order valence-electron chi connectivity index (χ4n) is 2.52. The fourth-order valence-corrected chi connectivity index (χ4v) is 2.52. The highest BCUT2D eigenvalue weighted by Crippen LogP contribution is 2.29. The van der Waals surface area contributed by atoms with Gasteiger partial charge in [-0.25, -0.2) is 9.37 Å². The van der Waals surface area contributed by atoms with Gasteiger partial charge in [-0.05, 0) is 30.4 Å². The Bertz CT molecular complexity index is 435. The summed E-state index contributed by atoms with van der Waals surface area (Å²) in [6, 6.07) is 5.55. The monoisotopic (exact) mass is 247 g/mol. The smallest absolute Gasteiger partial charge is 0.128 e. The van der Waals surface area contributed by atoms with E-state index in [1.165, 1.54) is 6.20 Å². The highest BCUT2D eigenvalue weighted by atomic mass is 19.1. The fraction of sp³-hybridized carbons (Fsp3) is 0.571. The van der Waals surface area contributed by atoms with Crippen molar-refractivity contribution in [3.63, 3.8) is 0 Å². The Morgan fingerprint density at radius 3 is 2.78 bits per heavy atom. The minimum Gasteiger partial charge on any atom is -0.354 e. The lowest BCUT2D eigenvalue weighted by atomic mass is 9.85. The molecule has 2 rings (SSSR count). The van der Waals surface area contributed by atoms with Crippen molar-refractivity contribution in [3.05, 3.63) is 23.9 Å². The molecule has 1 aliphatic heterocycles. The molecule has 0 unspecified atom stereocenters. The number of anilines is 1. The SMILES string of the molecule is CC(C)[C@@H]1CCN(c2ccc(C#N)cn2)C[C@@H]1F. The van der Waals surface area contributed by atoms with Gasteiger partial charge in [-0.15, -0.1) is 0 Å². The number of hydrogen-bond acceptors (Lipinski definition) is 3. The third-order valence-electron chi connectivity index (χ3n) is 3.65. The van der Waals surface area contributed by atoms with Gasteiger partial charge in [-0.3, -0.25) is 0 Å². The standard InChI is InChI=1S/C14H18FN3/c1-10(2)12-5-6-18(9-13(12)15)14-4-3-11(7-16)8-17-14/h3-4,8,10,12-13H,5-6,9H2,1-2H3/t12-,13-/m0/s1. The number of alkyl halides is 1. The molecule has 0 saturated carbocycles. The summed E-state index contributed by atoms with van der Waals surface area (Å²) in [5, 5.41) is 8.71. The van der Waals surface area contributed by atoms with Crippen LogP contribution in [0.2, 0.25) is 0 Å². The average Bonchev–Trinajstić information content (AvgIpc) is 2.38. The first-order valence-electron chi connectivity index (χ1n) is 6.37. The van der Waals surface area contributed by atoms with Crippen molar-refractivity contribution in [2.75, 3.05) is 18.0 Å². The van der Waals surface area contributed by atoms with E-state index in [9.17, 15) is 4.39 Å². The number of rotatable bonds is 2. The molecule has 1 saturated heterocycles. The lowest BCUT2D eigenvalue weighted by Gasteiger charge is -2.37. The Kier molecular flexibility index (Phi) is 3.81. The zero-order chi connectivity index (χ0) is 13.1. The molecule has 0 amide bonds. The number of pyridine rings is 1. The molecule has 18 heavy (non-hydrogen) atoms. The highest BCUT2D eigenvalue weighted by molar-refractivity contribution is 5.42. The molecule has 0 aliphatic carbocycles. The van der Waals surface area contributed by atoms with Crippen LogP contribution in [0.3, 0.4) is 0 Å². The van der Waals surface area contributed by atoms with E-state index in [4.69, 9.17) is 5.26 Å². The minimum absolute atomic E-state index is 0.152. The summed E-state index contributed by atoms with van der Waals surface area (Å²) in [5.74, 6) is 1.30. The Morgan fingerprint density at radius 2 is 2.28 bits per heavy atom. The van der Waals surface area contributed by atoms with Crippen molar-refractivity contribution in [2.24, 2.45) is 11.8 Å². The number of piperidine rings is 1. The van der Waals surface area contributed by atoms with Crippen molar-refractivity contribution in [1.82, 2.24) is 4.98 Å². The van der Waals surface area contributed by atoms with Crippen LogP contribution in [-0.2, 0) is 0 Å². The third kappa shape index (κ3) is 2.61. The number of aromatic nitrogens is 1. The second-order valence-electron chi connectivity index (χ2n) is 5.18. The molecule has 4 heteroatoms. The largest absolute Gasteiger partial charge is 0.354 e. The van der Waals surface area contributed by atoms with E-state index in [0.29, 0.717) is 18.0 Å². The molecule has 0 aromatic carbocycles. The van der Waals surface area contributed by atoms with E-state index < -0.39 is 6.17 Å². The summed E-state index contributed by atoms with van der Waals surface area (Å²) in [7, 11) is 0. The molecular weight excluding hydrogens is 229 g/mol. The molecule has 1 aromatic heterocycles. The Hall–Kier alpha value is -1.63. The van der Waals surface area contributed by atoms with E-state index in [0.717, 1.165) is 18.8 Å². The first-order chi connectivity index (χ1) is 8.61. The predicted octanol–water partition coefficient (Wildman–Crippen LogP) is 2.77. The van der Waals surface area contributed by atoms with E-state index in [2.05, 4.69) is 18.8 Å². The quantitative estimate of drug-likeness (QED) is 0.806. The molecule has 3 nitrogen and oxygen atoms in total. The van der Waals surface area contributed by atoms with Gasteiger partial charge in [0.05, 0.1) is 12.1 Å². The predicted molar refractivity (Wildman–Crippen MR) is 69.0 cm³/mol. The van der Waals surface area contributed by atoms with Crippen LogP contribution < -0.4 is 4.90 Å². The lowest BCUT2D eigenvalue weighted by Crippen LogP contribution is -2.43. The molecule has 0 radical (unpaired) electrons. The number of nitrogens with zero attached hydrogens (tertiary/aromatic N) is 3. The van der Waals surface area contributed by atoms with E-state index in [-0.39, 0.29) is 5.92 Å². The maximum absolute atomic E-state index is 14.1. The molecule has 96 valence electrons. The summed E-state index contributed by atoms with van der Waals surface area (Å²) in [6.45, 7) is 5.39. The van der Waals surface area contributed by atoms with Gasteiger partial charge in [0.1, 0.15) is 18.1 Å². The van der Waals surface area contributed by atoms with Gasteiger partial charge < -0.3 is 4.90 Å². The van der Waals surface area contributed by atoms with Gasteiger partial charge in [0.2, 0.25) is 0 Å². The first-order valence-corrected chi connectivity index (χ1v) is 6.37. The summed E-state index contributed by atoms with van der Waals surface area (Å²) in [5.41, 5.74) is 0.535. The van der Waals surface area contributed by atoms with Gasteiger partial charge in [0.15, 0.2) is 0 Å². The molecule has 1 fully saturated rings. The second kappa shape index (κ2) is 5.34. The zero-order valence-electron chi connectivity index (χ0n) is 10.8. The van der Waals surface area contributed by atoms with Crippen LogP contribution in [0.4, 0.5) is 10.2 Å². The van der Waals surface area contributed by atoms with Gasteiger partial charge in [-0.2, -0.15) is 5.26 Å². The molecule has 1 aliphatic rings. The topological polar surface area (TPSA) is 39.9 Å². The molecule has 2 heterocycles. The van der Waals surface area contributed by atoms with Crippen LogP contribution >= 0.6 is 0 Å². The Balaban J connectivity index is 2.05. The van der Waals surface area contributed by atoms with Gasteiger partial charge in [0.25, 0.3) is 0 Å². The average molecular weight is 247 g/mol. The van der Waals surface area contributed by atoms with Crippen LogP contribution in [0, 0.1) is 23.2 Å². The van der Waals surface area contributed by atoms with E-state index >= 15 is 0 Å². The van der Waals surface area contributed by atoms with Crippen LogP contribution in [0.15, 0.2) is 18.3 Å². The molecule has 1 aromatic rings. The van der Waals surface area contributed by atoms with Crippen molar-refractivity contribution < 1.29 is 4.39 Å². The van der Waals surface area contributed by atoms with E-state index in [1.807, 2.05) is 11.0 Å². The summed E-state index contributed by atoms with van der Waals surface area (Å²) < 4.78 is 14.1. The van der Waals surface area contributed by atoms with Crippen molar-refractivity contribution in [3.8, 4) is 6.07 Å². The van der Waals surface area contributed by atoms with Gasteiger partial charge in [-0.1, -0.05) is 13.8 Å². The molecule has 0 N–H and O–H groups in total. The van der Waals surface area contributed by atoms with Crippen LogP contribution in [0.5, 0.6) is 0 Å². The summed E-state index contributed by atoms with van der Waals surface area (Å²) in [6.07, 6.45) is 1.61. The normalized spacial score (nSPS) is 24.1. The zero-order valence-corrected chi connectivity index (χ0v) is 10.8. The summed E-state index contributed by atoms with van der Waals surface area (Å²) in [4.78, 5) is 6.18. The van der Waals surface area contributed by atoms with Crippen LogP contribution in [-0.4, -0.2) is 24.2 Å². The van der Waals surface area contributed by atoms with Gasteiger partial charge >= 0.3 is 0 Å². The van der Waals surface area contributed by atoms with E-state index in [1.54, 1.807) is 12.1 Å². The van der Waals surface area contributed by atoms with Gasteiger partial charge in [0, 0.05) is 12.7 Å². The molecule has 2 atom stereocenters. The van der Waals surface area contributed by atoms with Crippen molar-refractivity contribution >= 4 is 5.82 Å². The van der Waals surface area contributed by atoms with Crippen molar-refractivity contribution in [2.45, 2.75) is 26.4 Å². The van der Waals surface area contributed by atoms with Crippen molar-refractivity contribution in [1.29, 1.82) is 5.26 Å². The third-order valence-corrected chi connectivity index (χ3v) is 3.65. The van der Waals surface area contributed by atoms with Crippen LogP contribution in [0.25, 0.3) is 0 Å². The Labute approximate surface area is 107 Å². The molecular formula is C14H18FN3. The minimum atomic E-state index is -0.795. The lowest BCUT2D eigenvalue weighted by molar-refractivity contribution is 0.153. The summed E-state index contributed by atoms with van der Waals surface area (Å²) >= 11 is 0. The number of halogens is 1.